The van der Waals surface area contributed by atoms with E-state index in [-0.39, 0.29) is 35.3 Å². The molecule has 4 amide bonds. The number of carbonyl (C=O) groups excluding carboxylic acids is 4. The van der Waals surface area contributed by atoms with Crippen LogP contribution in [-0.2, 0) is 25.6 Å². The first-order valence-corrected chi connectivity index (χ1v) is 14.7. The molecular weight excluding hydrogens is 544 g/mol. The maximum atomic E-state index is 14.2. The van der Waals surface area contributed by atoms with Gasteiger partial charge in [-0.25, -0.2) is 0 Å². The summed E-state index contributed by atoms with van der Waals surface area (Å²) in [5.41, 5.74) is 3.58. The first-order chi connectivity index (χ1) is 20.9. The SMILES string of the molecule is O=C1C2CC=C3C(CC4C(=O)N(c5ccccc5)C(=O)C4C3C3=COc4ccc(O)cc4C3)C2C(=O)N1c1ccccc1. The van der Waals surface area contributed by atoms with E-state index in [1.807, 2.05) is 18.2 Å². The van der Waals surface area contributed by atoms with Gasteiger partial charge in [-0.05, 0) is 66.8 Å². The van der Waals surface area contributed by atoms with Crippen LogP contribution < -0.4 is 14.5 Å². The Kier molecular flexibility index (Phi) is 5.69. The van der Waals surface area contributed by atoms with Crippen molar-refractivity contribution in [3.05, 3.63) is 108 Å². The van der Waals surface area contributed by atoms with Gasteiger partial charge in [-0.3, -0.25) is 29.0 Å². The topological polar surface area (TPSA) is 104 Å². The zero-order chi connectivity index (χ0) is 29.4. The second-order valence-electron chi connectivity index (χ2n) is 12.0. The van der Waals surface area contributed by atoms with Crippen molar-refractivity contribution in [3.8, 4) is 11.5 Å². The first kappa shape index (κ1) is 25.7. The highest BCUT2D eigenvalue weighted by atomic mass is 16.5. The van der Waals surface area contributed by atoms with Crippen LogP contribution in [-0.4, -0.2) is 28.7 Å². The molecule has 0 spiro atoms. The Hall–Kier alpha value is -4.98. The average molecular weight is 573 g/mol. The molecule has 2 saturated heterocycles. The number of ether oxygens (including phenoxy) is 1. The number of phenolic OH excluding ortho intramolecular Hbond substituents is 1. The van der Waals surface area contributed by atoms with Crippen LogP contribution in [0, 0.1) is 35.5 Å². The van der Waals surface area contributed by atoms with Crippen LogP contribution in [0.5, 0.6) is 11.5 Å². The molecule has 6 atom stereocenters. The van der Waals surface area contributed by atoms with Gasteiger partial charge in [-0.1, -0.05) is 48.0 Å². The number of allylic oxidation sites excluding steroid dienone is 3. The fourth-order valence-electron chi connectivity index (χ4n) is 8.07. The van der Waals surface area contributed by atoms with E-state index < -0.39 is 29.6 Å². The van der Waals surface area contributed by atoms with Gasteiger partial charge in [0.05, 0.1) is 41.3 Å². The summed E-state index contributed by atoms with van der Waals surface area (Å²) in [6, 6.07) is 22.8. The molecule has 0 bridgehead atoms. The number of hydrogen-bond donors (Lipinski definition) is 1. The van der Waals surface area contributed by atoms with Crippen LogP contribution in [0.1, 0.15) is 18.4 Å². The zero-order valence-electron chi connectivity index (χ0n) is 23.1. The number of para-hydroxylation sites is 2. The molecule has 2 aliphatic carbocycles. The van der Waals surface area contributed by atoms with E-state index in [2.05, 4.69) is 0 Å². The smallest absolute Gasteiger partial charge is 0.238 e. The van der Waals surface area contributed by atoms with Gasteiger partial charge in [0.1, 0.15) is 11.5 Å². The molecule has 8 rings (SSSR count). The Bertz CT molecular complexity index is 1760. The second kappa shape index (κ2) is 9.52. The van der Waals surface area contributed by atoms with Crippen LogP contribution in [0.15, 0.2) is 102 Å². The molecular formula is C35H28N2O6. The lowest BCUT2D eigenvalue weighted by molar-refractivity contribution is -0.126. The predicted molar refractivity (Wildman–Crippen MR) is 157 cm³/mol. The van der Waals surface area contributed by atoms with E-state index in [4.69, 9.17) is 4.74 Å². The van der Waals surface area contributed by atoms with E-state index in [0.717, 1.165) is 16.7 Å². The zero-order valence-corrected chi connectivity index (χ0v) is 23.1. The van der Waals surface area contributed by atoms with E-state index in [1.54, 1.807) is 73.0 Å². The monoisotopic (exact) mass is 572 g/mol. The number of rotatable bonds is 3. The number of nitrogens with zero attached hydrogens (tertiary/aromatic N) is 2. The molecule has 0 aromatic heterocycles. The maximum Gasteiger partial charge on any atom is 0.238 e. The lowest BCUT2D eigenvalue weighted by Crippen LogP contribution is -2.45. The Morgan fingerprint density at radius 1 is 0.698 bits per heavy atom. The third-order valence-corrected chi connectivity index (χ3v) is 9.85. The molecule has 8 heteroatoms. The Balaban J connectivity index is 1.23. The molecule has 43 heavy (non-hydrogen) atoms. The lowest BCUT2D eigenvalue weighted by atomic mass is 9.56. The standard InChI is InChI=1S/C35H28N2O6/c38-23-11-14-28-19(16-23)15-20(18-43-28)29-24-12-13-25-30(34(41)36(32(25)39)21-7-3-1-4-8-21)26(24)17-27-31(29)35(42)37(33(27)40)22-9-5-2-6-10-22/h1-12,14,16,18,25-27,29-31,38H,13,15,17H2. The fraction of sp³-hybridized carbons (Fsp3) is 0.257. The van der Waals surface area contributed by atoms with Crippen molar-refractivity contribution in [2.45, 2.75) is 19.3 Å². The van der Waals surface area contributed by atoms with Crippen LogP contribution in [0.4, 0.5) is 11.4 Å². The highest BCUT2D eigenvalue weighted by molar-refractivity contribution is 6.24. The van der Waals surface area contributed by atoms with Crippen molar-refractivity contribution in [1.29, 1.82) is 0 Å². The van der Waals surface area contributed by atoms with E-state index in [1.165, 1.54) is 9.80 Å². The first-order valence-electron chi connectivity index (χ1n) is 14.7. The van der Waals surface area contributed by atoms with E-state index in [9.17, 15) is 24.3 Å². The van der Waals surface area contributed by atoms with Gasteiger partial charge < -0.3 is 9.84 Å². The summed E-state index contributed by atoms with van der Waals surface area (Å²) in [6.07, 6.45) is 4.82. The highest BCUT2D eigenvalue weighted by Gasteiger charge is 2.62. The molecule has 6 unspecified atom stereocenters. The molecule has 3 aliphatic heterocycles. The van der Waals surface area contributed by atoms with E-state index in [0.29, 0.717) is 36.4 Å². The van der Waals surface area contributed by atoms with Crippen molar-refractivity contribution < 1.29 is 29.0 Å². The molecule has 8 nitrogen and oxygen atoms in total. The molecule has 3 aromatic rings. The van der Waals surface area contributed by atoms with Gasteiger partial charge in [0.15, 0.2) is 0 Å². The lowest BCUT2D eigenvalue weighted by Gasteiger charge is -2.45. The Labute approximate surface area is 247 Å². The van der Waals surface area contributed by atoms with Crippen LogP contribution in [0.3, 0.4) is 0 Å². The number of hydrogen-bond acceptors (Lipinski definition) is 6. The third kappa shape index (κ3) is 3.75. The molecule has 0 radical (unpaired) electrons. The summed E-state index contributed by atoms with van der Waals surface area (Å²) in [7, 11) is 0. The molecule has 214 valence electrons. The second-order valence-corrected chi connectivity index (χ2v) is 12.0. The third-order valence-electron chi connectivity index (χ3n) is 9.85. The van der Waals surface area contributed by atoms with Crippen LogP contribution in [0.25, 0.3) is 0 Å². The molecule has 1 N–H and O–H groups in total. The minimum absolute atomic E-state index is 0.112. The predicted octanol–water partition coefficient (Wildman–Crippen LogP) is 4.79. The molecule has 5 aliphatic rings. The van der Waals surface area contributed by atoms with Crippen LogP contribution in [0.2, 0.25) is 0 Å². The minimum Gasteiger partial charge on any atom is -0.508 e. The van der Waals surface area contributed by atoms with Crippen molar-refractivity contribution >= 4 is 35.0 Å². The Morgan fingerprint density at radius 2 is 1.33 bits per heavy atom. The van der Waals surface area contributed by atoms with Crippen molar-refractivity contribution in [3.63, 3.8) is 0 Å². The molecule has 3 heterocycles. The van der Waals surface area contributed by atoms with Crippen LogP contribution >= 0.6 is 0 Å². The van der Waals surface area contributed by atoms with Gasteiger partial charge in [-0.2, -0.15) is 0 Å². The largest absolute Gasteiger partial charge is 0.508 e. The highest BCUT2D eigenvalue weighted by Crippen LogP contribution is 2.58. The molecule has 3 aromatic carbocycles. The van der Waals surface area contributed by atoms with E-state index >= 15 is 0 Å². The summed E-state index contributed by atoms with van der Waals surface area (Å²) >= 11 is 0. The number of imide groups is 2. The quantitative estimate of drug-likeness (QED) is 0.358. The summed E-state index contributed by atoms with van der Waals surface area (Å²) in [5.74, 6) is -3.62. The number of aromatic hydroxyl groups is 1. The fourth-order valence-corrected chi connectivity index (χ4v) is 8.07. The number of amides is 4. The average Bonchev–Trinajstić information content (AvgIpc) is 3.44. The minimum atomic E-state index is -0.669. The molecule has 3 fully saturated rings. The number of phenols is 1. The number of carbonyl (C=O) groups is 4. The summed E-state index contributed by atoms with van der Waals surface area (Å²) in [6.45, 7) is 0. The van der Waals surface area contributed by atoms with Gasteiger partial charge >= 0.3 is 0 Å². The van der Waals surface area contributed by atoms with Gasteiger partial charge in [0, 0.05) is 17.9 Å². The number of benzene rings is 3. The van der Waals surface area contributed by atoms with Gasteiger partial charge in [-0.15, -0.1) is 0 Å². The van der Waals surface area contributed by atoms with Gasteiger partial charge in [0.25, 0.3) is 0 Å². The number of anilines is 2. The van der Waals surface area contributed by atoms with Crippen molar-refractivity contribution in [2.75, 3.05) is 9.80 Å². The normalized spacial score (nSPS) is 29.3. The summed E-state index contributed by atoms with van der Waals surface area (Å²) in [5, 5.41) is 10.2. The Morgan fingerprint density at radius 3 is 2.00 bits per heavy atom. The summed E-state index contributed by atoms with van der Waals surface area (Å²) < 4.78 is 6.01. The molecule has 1 saturated carbocycles. The van der Waals surface area contributed by atoms with Crippen molar-refractivity contribution in [1.82, 2.24) is 0 Å². The van der Waals surface area contributed by atoms with Crippen molar-refractivity contribution in [2.24, 2.45) is 35.5 Å². The maximum absolute atomic E-state index is 14.2. The van der Waals surface area contributed by atoms with Gasteiger partial charge in [0.2, 0.25) is 23.6 Å². The number of fused-ring (bicyclic) bond motifs is 5. The summed E-state index contributed by atoms with van der Waals surface area (Å²) in [4.78, 5) is 58.6.